The minimum atomic E-state index is -1.14. The lowest BCUT2D eigenvalue weighted by Gasteiger charge is -1.92. The van der Waals surface area contributed by atoms with Crippen LogP contribution < -0.4 is 0 Å². The summed E-state index contributed by atoms with van der Waals surface area (Å²) in [6.07, 6.45) is 0.924. The molecule has 0 aliphatic heterocycles. The van der Waals surface area contributed by atoms with Crippen molar-refractivity contribution in [1.29, 1.82) is 0 Å². The second-order valence-corrected chi connectivity index (χ2v) is 1.76. The van der Waals surface area contributed by atoms with Crippen molar-refractivity contribution >= 4 is 11.8 Å². The van der Waals surface area contributed by atoms with Gasteiger partial charge < -0.3 is 5.11 Å². The number of ketones is 1. The molecule has 1 N–H and O–H groups in total. The third-order valence-corrected chi connectivity index (χ3v) is 0.918. The molecular formula is C7H8O3. The van der Waals surface area contributed by atoms with Gasteiger partial charge in [0, 0.05) is 12.0 Å². The Morgan fingerprint density at radius 1 is 1.50 bits per heavy atom. The Hall–Kier alpha value is -1.38. The summed E-state index contributed by atoms with van der Waals surface area (Å²) in [6.45, 7) is 6.36. The Labute approximate surface area is 58.7 Å². The van der Waals surface area contributed by atoms with Crippen LogP contribution in [0.3, 0.4) is 0 Å². The maximum absolute atomic E-state index is 10.5. The summed E-state index contributed by atoms with van der Waals surface area (Å²) in [5, 5.41) is 8.24. The monoisotopic (exact) mass is 140 g/mol. The topological polar surface area (TPSA) is 54.4 Å². The zero-order valence-corrected chi connectivity index (χ0v) is 5.46. The molecular weight excluding hydrogens is 132 g/mol. The molecule has 0 atom stereocenters. The van der Waals surface area contributed by atoms with Crippen LogP contribution in [0.15, 0.2) is 24.8 Å². The van der Waals surface area contributed by atoms with Gasteiger partial charge in [0.2, 0.25) is 0 Å². The third kappa shape index (κ3) is 2.81. The molecule has 3 nitrogen and oxygen atoms in total. The van der Waals surface area contributed by atoms with Gasteiger partial charge in [-0.2, -0.15) is 0 Å². The molecule has 0 saturated heterocycles. The maximum atomic E-state index is 10.5. The molecule has 0 amide bonds. The van der Waals surface area contributed by atoms with Crippen LogP contribution in [0.25, 0.3) is 0 Å². The molecule has 0 aromatic heterocycles. The highest BCUT2D eigenvalue weighted by molar-refractivity contribution is 5.98. The summed E-state index contributed by atoms with van der Waals surface area (Å²) in [6, 6.07) is 0. The molecule has 0 bridgehead atoms. The van der Waals surface area contributed by atoms with Gasteiger partial charge in [0.15, 0.2) is 5.78 Å². The first-order chi connectivity index (χ1) is 4.57. The van der Waals surface area contributed by atoms with E-state index in [1.807, 2.05) is 0 Å². The van der Waals surface area contributed by atoms with Crippen molar-refractivity contribution < 1.29 is 14.7 Å². The molecule has 0 unspecified atom stereocenters. The van der Waals surface area contributed by atoms with Gasteiger partial charge in [0.05, 0.1) is 0 Å². The van der Waals surface area contributed by atoms with E-state index in [9.17, 15) is 9.59 Å². The molecule has 0 aromatic carbocycles. The minimum absolute atomic E-state index is 0.107. The number of aliphatic carboxylic acids is 1. The number of hydrogen-bond donors (Lipinski definition) is 1. The number of carboxylic acids is 1. The van der Waals surface area contributed by atoms with E-state index in [2.05, 4.69) is 13.2 Å². The van der Waals surface area contributed by atoms with E-state index in [1.54, 1.807) is 0 Å². The maximum Gasteiger partial charge on any atom is 0.331 e. The van der Waals surface area contributed by atoms with Crippen molar-refractivity contribution in [1.82, 2.24) is 0 Å². The van der Waals surface area contributed by atoms with Crippen LogP contribution in [0.2, 0.25) is 0 Å². The highest BCUT2D eigenvalue weighted by Crippen LogP contribution is 1.98. The molecule has 0 aromatic rings. The fourth-order valence-corrected chi connectivity index (χ4v) is 0.358. The molecule has 54 valence electrons. The summed E-state index contributed by atoms with van der Waals surface area (Å²) in [5.74, 6) is -1.47. The van der Waals surface area contributed by atoms with E-state index < -0.39 is 5.97 Å². The van der Waals surface area contributed by atoms with E-state index in [0.29, 0.717) is 0 Å². The zero-order chi connectivity index (χ0) is 8.15. The Kier molecular flexibility index (Phi) is 3.11. The van der Waals surface area contributed by atoms with Crippen LogP contribution in [-0.4, -0.2) is 16.9 Å². The summed E-state index contributed by atoms with van der Waals surface area (Å²) >= 11 is 0. The average Bonchev–Trinajstić information content (AvgIpc) is 1.87. The molecule has 0 spiro atoms. The van der Waals surface area contributed by atoms with Gasteiger partial charge in [-0.3, -0.25) is 4.79 Å². The fraction of sp³-hybridized carbons (Fsp3) is 0.143. The lowest BCUT2D eigenvalue weighted by molar-refractivity contribution is -0.133. The molecule has 0 aliphatic rings. The SMILES string of the molecule is C=CC(=O)CC(=C)C(=O)O. The lowest BCUT2D eigenvalue weighted by Crippen LogP contribution is -2.03. The Morgan fingerprint density at radius 2 is 2.00 bits per heavy atom. The van der Waals surface area contributed by atoms with E-state index >= 15 is 0 Å². The Balaban J connectivity index is 3.92. The van der Waals surface area contributed by atoms with Crippen molar-refractivity contribution in [2.75, 3.05) is 0 Å². The first-order valence-corrected chi connectivity index (χ1v) is 2.64. The quantitative estimate of drug-likeness (QED) is 0.587. The van der Waals surface area contributed by atoms with Crippen LogP contribution in [0, 0.1) is 0 Å². The van der Waals surface area contributed by atoms with Gasteiger partial charge >= 0.3 is 5.97 Å². The normalized spacial score (nSPS) is 8.40. The Morgan fingerprint density at radius 3 is 2.30 bits per heavy atom. The second-order valence-electron chi connectivity index (χ2n) is 1.76. The van der Waals surface area contributed by atoms with Gasteiger partial charge in [0.25, 0.3) is 0 Å². The molecule has 0 heterocycles. The number of rotatable bonds is 4. The van der Waals surface area contributed by atoms with Gasteiger partial charge in [-0.1, -0.05) is 13.2 Å². The minimum Gasteiger partial charge on any atom is -0.478 e. The molecule has 0 radical (unpaired) electrons. The van der Waals surface area contributed by atoms with Gasteiger partial charge in [-0.25, -0.2) is 4.79 Å². The van der Waals surface area contributed by atoms with Crippen LogP contribution in [0.4, 0.5) is 0 Å². The van der Waals surface area contributed by atoms with Gasteiger partial charge in [-0.15, -0.1) is 0 Å². The van der Waals surface area contributed by atoms with E-state index in [0.717, 1.165) is 6.08 Å². The van der Waals surface area contributed by atoms with Crippen molar-refractivity contribution in [3.63, 3.8) is 0 Å². The second kappa shape index (κ2) is 3.61. The zero-order valence-electron chi connectivity index (χ0n) is 5.46. The first-order valence-electron chi connectivity index (χ1n) is 2.64. The highest BCUT2D eigenvalue weighted by atomic mass is 16.4. The number of carboxylic acid groups (broad SMARTS) is 1. The molecule has 10 heavy (non-hydrogen) atoms. The predicted octanol–water partition coefficient (Wildman–Crippen LogP) is 0.772. The molecule has 3 heteroatoms. The summed E-state index contributed by atoms with van der Waals surface area (Å²) in [7, 11) is 0. The number of allylic oxidation sites excluding steroid dienone is 1. The van der Waals surface area contributed by atoms with E-state index in [1.165, 1.54) is 0 Å². The average molecular weight is 140 g/mol. The largest absolute Gasteiger partial charge is 0.478 e. The van der Waals surface area contributed by atoms with Crippen LogP contribution >= 0.6 is 0 Å². The molecule has 0 fully saturated rings. The van der Waals surface area contributed by atoms with Crippen molar-refractivity contribution in [2.24, 2.45) is 0 Å². The Bertz CT molecular complexity index is 191. The number of carbonyl (C=O) groups is 2. The van der Waals surface area contributed by atoms with Crippen LogP contribution in [-0.2, 0) is 9.59 Å². The smallest absolute Gasteiger partial charge is 0.331 e. The van der Waals surface area contributed by atoms with E-state index in [-0.39, 0.29) is 17.8 Å². The highest BCUT2D eigenvalue weighted by Gasteiger charge is 2.06. The van der Waals surface area contributed by atoms with Crippen molar-refractivity contribution in [3.8, 4) is 0 Å². The molecule has 0 aliphatic carbocycles. The molecule has 0 saturated carbocycles. The molecule has 0 rings (SSSR count). The summed E-state index contributed by atoms with van der Waals surface area (Å²) in [4.78, 5) is 20.5. The van der Waals surface area contributed by atoms with Crippen LogP contribution in [0.5, 0.6) is 0 Å². The fourth-order valence-electron chi connectivity index (χ4n) is 0.358. The van der Waals surface area contributed by atoms with Gasteiger partial charge in [0.1, 0.15) is 0 Å². The predicted molar refractivity (Wildman–Crippen MR) is 36.6 cm³/mol. The van der Waals surface area contributed by atoms with Crippen molar-refractivity contribution in [2.45, 2.75) is 6.42 Å². The van der Waals surface area contributed by atoms with Crippen molar-refractivity contribution in [3.05, 3.63) is 24.8 Å². The number of carbonyl (C=O) groups excluding carboxylic acids is 1. The summed E-state index contributed by atoms with van der Waals surface area (Å²) < 4.78 is 0. The lowest BCUT2D eigenvalue weighted by atomic mass is 10.1. The third-order valence-electron chi connectivity index (χ3n) is 0.918. The van der Waals surface area contributed by atoms with Crippen LogP contribution in [0.1, 0.15) is 6.42 Å². The first kappa shape index (κ1) is 8.62. The number of hydrogen-bond acceptors (Lipinski definition) is 2. The standard InChI is InChI=1S/C7H8O3/c1-3-6(8)4-5(2)7(9)10/h3H,1-2,4H2,(H,9,10). The summed E-state index contributed by atoms with van der Waals surface area (Å²) in [5.41, 5.74) is -0.107. The van der Waals surface area contributed by atoms with E-state index in [4.69, 9.17) is 5.11 Å². The van der Waals surface area contributed by atoms with Gasteiger partial charge in [-0.05, 0) is 6.08 Å².